The number of halogens is 2. The highest BCUT2D eigenvalue weighted by Gasteiger charge is 2.06. The summed E-state index contributed by atoms with van der Waals surface area (Å²) in [6.45, 7) is 0. The molecule has 0 saturated carbocycles. The van der Waals surface area contributed by atoms with Crippen molar-refractivity contribution in [3.05, 3.63) is 33.3 Å². The van der Waals surface area contributed by atoms with Crippen molar-refractivity contribution >= 4 is 27.5 Å². The van der Waals surface area contributed by atoms with E-state index in [1.807, 2.05) is 25.2 Å². The Balaban J connectivity index is 3.04. The Morgan fingerprint density at radius 3 is 2.77 bits per heavy atom. The van der Waals surface area contributed by atoms with Crippen LogP contribution in [-0.2, 0) is 0 Å². The molecule has 0 radical (unpaired) electrons. The molecule has 1 nitrogen and oxygen atoms in total. The molecule has 68 valence electrons. The average molecular weight is 259 g/mol. The van der Waals surface area contributed by atoms with E-state index in [0.29, 0.717) is 5.02 Å². The molecule has 1 unspecified atom stereocenters. The number of hydrogen-bond acceptors (Lipinski definition) is 1. The van der Waals surface area contributed by atoms with Gasteiger partial charge in [-0.1, -0.05) is 23.6 Å². The molecule has 1 N–H and O–H groups in total. The second-order valence-corrected chi connectivity index (χ2v) is 3.82. The summed E-state index contributed by atoms with van der Waals surface area (Å²) in [7, 11) is 1.83. The van der Waals surface area contributed by atoms with Crippen molar-refractivity contribution in [3.8, 4) is 12.3 Å². The van der Waals surface area contributed by atoms with E-state index in [4.69, 9.17) is 18.0 Å². The number of nitrogens with one attached hydrogen (secondary N) is 1. The molecule has 0 amide bonds. The summed E-state index contributed by atoms with van der Waals surface area (Å²) in [5, 5.41) is 3.71. The fraction of sp³-hybridized carbons (Fsp3) is 0.200. The fourth-order valence-electron chi connectivity index (χ4n) is 1.04. The molecule has 0 spiro atoms. The largest absolute Gasteiger partial charge is 0.303 e. The van der Waals surface area contributed by atoms with E-state index in [0.717, 1.165) is 10.0 Å². The van der Waals surface area contributed by atoms with Crippen molar-refractivity contribution < 1.29 is 0 Å². The van der Waals surface area contributed by atoms with Gasteiger partial charge in [0.2, 0.25) is 0 Å². The van der Waals surface area contributed by atoms with Crippen LogP contribution in [0.2, 0.25) is 5.02 Å². The molecule has 0 bridgehead atoms. The van der Waals surface area contributed by atoms with E-state index in [1.54, 1.807) is 0 Å². The number of terminal acetylenes is 1. The predicted octanol–water partition coefficient (Wildman–Crippen LogP) is 3.00. The quantitative estimate of drug-likeness (QED) is 0.804. The van der Waals surface area contributed by atoms with Gasteiger partial charge in [0.25, 0.3) is 0 Å². The SMILES string of the molecule is C#CC(NC)c1ccc(Cl)c(Br)c1. The van der Waals surface area contributed by atoms with Crippen molar-refractivity contribution in [1.82, 2.24) is 5.32 Å². The zero-order valence-corrected chi connectivity index (χ0v) is 9.48. The molecule has 0 aliphatic rings. The first kappa shape index (κ1) is 10.6. The molecule has 1 atom stereocenters. The molecule has 0 aromatic heterocycles. The van der Waals surface area contributed by atoms with Crippen LogP contribution in [0.5, 0.6) is 0 Å². The summed E-state index contributed by atoms with van der Waals surface area (Å²) in [5.74, 6) is 2.64. The van der Waals surface area contributed by atoms with Gasteiger partial charge in [-0.3, -0.25) is 0 Å². The molecule has 1 aromatic carbocycles. The lowest BCUT2D eigenvalue weighted by molar-refractivity contribution is 0.736. The van der Waals surface area contributed by atoms with Crippen molar-refractivity contribution in [2.45, 2.75) is 6.04 Å². The van der Waals surface area contributed by atoms with Crippen LogP contribution in [0.25, 0.3) is 0 Å². The lowest BCUT2D eigenvalue weighted by atomic mass is 10.1. The van der Waals surface area contributed by atoms with Crippen LogP contribution in [-0.4, -0.2) is 7.05 Å². The van der Waals surface area contributed by atoms with Gasteiger partial charge in [-0.15, -0.1) is 6.42 Å². The summed E-state index contributed by atoms with van der Waals surface area (Å²) in [4.78, 5) is 0. The summed E-state index contributed by atoms with van der Waals surface area (Å²) in [6.07, 6.45) is 5.34. The minimum Gasteiger partial charge on any atom is -0.303 e. The zero-order valence-electron chi connectivity index (χ0n) is 7.14. The smallest absolute Gasteiger partial charge is 0.0941 e. The van der Waals surface area contributed by atoms with E-state index >= 15 is 0 Å². The van der Waals surface area contributed by atoms with Crippen LogP contribution in [0.1, 0.15) is 11.6 Å². The molecule has 0 saturated heterocycles. The summed E-state index contributed by atoms with van der Waals surface area (Å²) < 4.78 is 0.863. The standard InChI is InChI=1S/C10H9BrClN/c1-3-10(13-2)7-4-5-9(12)8(11)6-7/h1,4-6,10,13H,2H3. The van der Waals surface area contributed by atoms with Gasteiger partial charge < -0.3 is 5.32 Å². The number of benzene rings is 1. The topological polar surface area (TPSA) is 12.0 Å². The molecule has 0 heterocycles. The van der Waals surface area contributed by atoms with Gasteiger partial charge in [0.05, 0.1) is 11.1 Å². The normalized spacial score (nSPS) is 12.2. The first-order valence-electron chi connectivity index (χ1n) is 3.77. The van der Waals surface area contributed by atoms with E-state index in [1.165, 1.54) is 0 Å². The van der Waals surface area contributed by atoms with E-state index in [2.05, 4.69) is 27.2 Å². The molecular formula is C10H9BrClN. The molecule has 1 aromatic rings. The Morgan fingerprint density at radius 1 is 1.62 bits per heavy atom. The van der Waals surface area contributed by atoms with Crippen molar-refractivity contribution in [2.75, 3.05) is 7.05 Å². The third kappa shape index (κ3) is 2.47. The van der Waals surface area contributed by atoms with Crippen LogP contribution in [0.4, 0.5) is 0 Å². The van der Waals surface area contributed by atoms with E-state index in [-0.39, 0.29) is 6.04 Å². The van der Waals surface area contributed by atoms with Crippen LogP contribution >= 0.6 is 27.5 Å². The molecule has 0 aliphatic heterocycles. The Bertz CT molecular complexity index is 343. The molecule has 1 rings (SSSR count). The maximum absolute atomic E-state index is 5.85. The average Bonchev–Trinajstić information content (AvgIpc) is 2.13. The highest BCUT2D eigenvalue weighted by molar-refractivity contribution is 9.10. The summed E-state index contributed by atoms with van der Waals surface area (Å²) >= 11 is 9.20. The second kappa shape index (κ2) is 4.66. The Hall–Kier alpha value is -0.490. The molecule has 0 aliphatic carbocycles. The highest BCUT2D eigenvalue weighted by atomic mass is 79.9. The van der Waals surface area contributed by atoms with Crippen molar-refractivity contribution in [2.24, 2.45) is 0 Å². The summed E-state index contributed by atoms with van der Waals surface area (Å²) in [6, 6.07) is 5.59. The summed E-state index contributed by atoms with van der Waals surface area (Å²) in [5.41, 5.74) is 1.03. The van der Waals surface area contributed by atoms with Crippen molar-refractivity contribution in [3.63, 3.8) is 0 Å². The molecule has 13 heavy (non-hydrogen) atoms. The third-order valence-corrected chi connectivity index (χ3v) is 2.95. The van der Waals surface area contributed by atoms with Crippen molar-refractivity contribution in [1.29, 1.82) is 0 Å². The van der Waals surface area contributed by atoms with E-state index in [9.17, 15) is 0 Å². The van der Waals surface area contributed by atoms with Gasteiger partial charge in [0.15, 0.2) is 0 Å². The van der Waals surface area contributed by atoms with E-state index < -0.39 is 0 Å². The van der Waals surface area contributed by atoms with Gasteiger partial charge in [-0.25, -0.2) is 0 Å². The highest BCUT2D eigenvalue weighted by Crippen LogP contribution is 2.25. The molecular weight excluding hydrogens is 249 g/mol. The monoisotopic (exact) mass is 257 g/mol. The van der Waals surface area contributed by atoms with Gasteiger partial charge >= 0.3 is 0 Å². The predicted molar refractivity (Wildman–Crippen MR) is 59.8 cm³/mol. The third-order valence-electron chi connectivity index (χ3n) is 1.73. The van der Waals surface area contributed by atoms with Crippen LogP contribution in [0, 0.1) is 12.3 Å². The minimum atomic E-state index is -0.0615. The Morgan fingerprint density at radius 2 is 2.31 bits per heavy atom. The number of hydrogen-bond donors (Lipinski definition) is 1. The van der Waals surface area contributed by atoms with Crippen LogP contribution in [0.3, 0.4) is 0 Å². The molecule has 0 fully saturated rings. The fourth-order valence-corrected chi connectivity index (χ4v) is 1.55. The second-order valence-electron chi connectivity index (χ2n) is 2.56. The van der Waals surface area contributed by atoms with Gasteiger partial charge in [0, 0.05) is 4.47 Å². The zero-order chi connectivity index (χ0) is 9.84. The molecule has 3 heteroatoms. The number of rotatable bonds is 2. The van der Waals surface area contributed by atoms with Gasteiger partial charge in [0.1, 0.15) is 0 Å². The van der Waals surface area contributed by atoms with Crippen LogP contribution in [0.15, 0.2) is 22.7 Å². The maximum atomic E-state index is 5.85. The first-order valence-corrected chi connectivity index (χ1v) is 4.94. The Labute approximate surface area is 91.6 Å². The first-order chi connectivity index (χ1) is 6.19. The lowest BCUT2D eigenvalue weighted by Gasteiger charge is -2.10. The van der Waals surface area contributed by atoms with Crippen LogP contribution < -0.4 is 5.32 Å². The van der Waals surface area contributed by atoms with Gasteiger partial charge in [-0.2, -0.15) is 0 Å². The Kier molecular flexibility index (Phi) is 3.80. The minimum absolute atomic E-state index is 0.0615. The maximum Gasteiger partial charge on any atom is 0.0941 e. The van der Waals surface area contributed by atoms with Gasteiger partial charge in [-0.05, 0) is 40.7 Å². The lowest BCUT2D eigenvalue weighted by Crippen LogP contribution is -2.13.